The molecule has 0 saturated carbocycles. The van der Waals surface area contributed by atoms with E-state index in [-0.39, 0.29) is 17.9 Å². The number of rotatable bonds is 3. The molecule has 6 nitrogen and oxygen atoms in total. The van der Waals surface area contributed by atoms with Crippen molar-refractivity contribution in [3.8, 4) is 0 Å². The van der Waals surface area contributed by atoms with Crippen LogP contribution in [0.15, 0.2) is 12.3 Å². The first kappa shape index (κ1) is 10.1. The summed E-state index contributed by atoms with van der Waals surface area (Å²) in [7, 11) is 0. The Morgan fingerprint density at radius 2 is 2.53 bits per heavy atom. The Labute approximate surface area is 87.1 Å². The van der Waals surface area contributed by atoms with E-state index < -0.39 is 0 Å². The lowest BCUT2D eigenvalue weighted by Gasteiger charge is -2.13. The molecule has 0 bridgehead atoms. The lowest BCUT2D eigenvalue weighted by atomic mass is 10.1. The van der Waals surface area contributed by atoms with Crippen LogP contribution in [0.1, 0.15) is 10.5 Å². The van der Waals surface area contributed by atoms with E-state index in [2.05, 4.69) is 20.8 Å². The predicted molar refractivity (Wildman–Crippen MR) is 53.3 cm³/mol. The quantitative estimate of drug-likeness (QED) is 0.500. The third kappa shape index (κ3) is 2.34. The summed E-state index contributed by atoms with van der Waals surface area (Å²) >= 11 is 0. The molecule has 2 atom stereocenters. The van der Waals surface area contributed by atoms with Crippen LogP contribution >= 0.6 is 0 Å². The van der Waals surface area contributed by atoms with Crippen LogP contribution in [0.3, 0.4) is 0 Å². The maximum absolute atomic E-state index is 11.5. The SMILES string of the molecule is O=C(NCC1CNCC1O)c1ccn[nH]1. The molecule has 1 fully saturated rings. The van der Waals surface area contributed by atoms with Crippen LogP contribution in [-0.2, 0) is 0 Å². The Balaban J connectivity index is 1.81. The number of aromatic amines is 1. The van der Waals surface area contributed by atoms with Crippen LogP contribution in [0, 0.1) is 5.92 Å². The van der Waals surface area contributed by atoms with E-state index in [0.717, 1.165) is 6.54 Å². The first-order chi connectivity index (χ1) is 7.27. The van der Waals surface area contributed by atoms with Gasteiger partial charge in [-0.1, -0.05) is 0 Å². The topological polar surface area (TPSA) is 90.0 Å². The fourth-order valence-electron chi connectivity index (χ4n) is 1.63. The van der Waals surface area contributed by atoms with Crippen molar-refractivity contribution in [2.24, 2.45) is 5.92 Å². The highest BCUT2D eigenvalue weighted by Crippen LogP contribution is 2.07. The maximum Gasteiger partial charge on any atom is 0.269 e. The molecule has 1 saturated heterocycles. The molecule has 1 aromatic heterocycles. The molecule has 6 heteroatoms. The molecule has 15 heavy (non-hydrogen) atoms. The van der Waals surface area contributed by atoms with Gasteiger partial charge in [-0.05, 0) is 6.07 Å². The van der Waals surface area contributed by atoms with Gasteiger partial charge in [-0.3, -0.25) is 9.89 Å². The number of nitrogens with zero attached hydrogens (tertiary/aromatic N) is 1. The molecule has 0 aromatic carbocycles. The van der Waals surface area contributed by atoms with Crippen LogP contribution in [0.2, 0.25) is 0 Å². The zero-order chi connectivity index (χ0) is 10.7. The summed E-state index contributed by atoms with van der Waals surface area (Å²) in [4.78, 5) is 11.5. The average molecular weight is 210 g/mol. The number of hydrogen-bond donors (Lipinski definition) is 4. The fraction of sp³-hybridized carbons (Fsp3) is 0.556. The average Bonchev–Trinajstić information content (AvgIpc) is 2.85. The number of aliphatic hydroxyl groups excluding tert-OH is 1. The molecule has 4 N–H and O–H groups in total. The number of aromatic nitrogens is 2. The first-order valence-electron chi connectivity index (χ1n) is 4.93. The van der Waals surface area contributed by atoms with Gasteiger partial charge in [0.25, 0.3) is 5.91 Å². The van der Waals surface area contributed by atoms with Crippen LogP contribution in [0.25, 0.3) is 0 Å². The van der Waals surface area contributed by atoms with Gasteiger partial charge in [-0.2, -0.15) is 5.10 Å². The highest BCUT2D eigenvalue weighted by Gasteiger charge is 2.25. The summed E-state index contributed by atoms with van der Waals surface area (Å²) < 4.78 is 0. The summed E-state index contributed by atoms with van der Waals surface area (Å²) in [5, 5.41) is 21.6. The van der Waals surface area contributed by atoms with Gasteiger partial charge in [-0.25, -0.2) is 0 Å². The molecule has 1 aliphatic heterocycles. The van der Waals surface area contributed by atoms with E-state index in [4.69, 9.17) is 0 Å². The number of H-pyrrole nitrogens is 1. The Morgan fingerprint density at radius 1 is 1.67 bits per heavy atom. The summed E-state index contributed by atoms with van der Waals surface area (Å²) in [6.07, 6.45) is 1.16. The van der Waals surface area contributed by atoms with E-state index >= 15 is 0 Å². The number of hydrogen-bond acceptors (Lipinski definition) is 4. The van der Waals surface area contributed by atoms with E-state index in [1.807, 2.05) is 0 Å². The Kier molecular flexibility index (Phi) is 2.98. The van der Waals surface area contributed by atoms with Crippen molar-refractivity contribution >= 4 is 5.91 Å². The maximum atomic E-state index is 11.5. The van der Waals surface area contributed by atoms with Gasteiger partial charge < -0.3 is 15.7 Å². The summed E-state index contributed by atoms with van der Waals surface area (Å²) in [6.45, 7) is 1.82. The molecule has 2 unspecified atom stereocenters. The van der Waals surface area contributed by atoms with Gasteiger partial charge in [0.15, 0.2) is 0 Å². The molecule has 82 valence electrons. The zero-order valence-corrected chi connectivity index (χ0v) is 8.23. The lowest BCUT2D eigenvalue weighted by Crippen LogP contribution is -2.34. The molecule has 2 rings (SSSR count). The minimum absolute atomic E-state index is 0.0943. The normalized spacial score (nSPS) is 25.4. The highest BCUT2D eigenvalue weighted by molar-refractivity contribution is 5.92. The molecule has 1 aliphatic rings. The monoisotopic (exact) mass is 210 g/mol. The third-order valence-electron chi connectivity index (χ3n) is 2.57. The zero-order valence-electron chi connectivity index (χ0n) is 8.23. The van der Waals surface area contributed by atoms with E-state index in [1.54, 1.807) is 6.07 Å². The standard InChI is InChI=1S/C9H14N4O2/c14-8-5-10-3-6(8)4-11-9(15)7-1-2-12-13-7/h1-2,6,8,10,14H,3-5H2,(H,11,15)(H,12,13). The van der Waals surface area contributed by atoms with Gasteiger partial charge in [0, 0.05) is 31.7 Å². The van der Waals surface area contributed by atoms with Gasteiger partial charge in [0.05, 0.1) is 6.10 Å². The number of carbonyl (C=O) groups is 1. The van der Waals surface area contributed by atoms with Crippen molar-refractivity contribution in [2.45, 2.75) is 6.10 Å². The van der Waals surface area contributed by atoms with Gasteiger partial charge >= 0.3 is 0 Å². The van der Waals surface area contributed by atoms with Gasteiger partial charge in [0.1, 0.15) is 5.69 Å². The van der Waals surface area contributed by atoms with Gasteiger partial charge in [-0.15, -0.1) is 0 Å². The second kappa shape index (κ2) is 4.41. The van der Waals surface area contributed by atoms with Crippen molar-refractivity contribution in [3.63, 3.8) is 0 Å². The lowest BCUT2D eigenvalue weighted by molar-refractivity contribution is 0.0922. The summed E-state index contributed by atoms with van der Waals surface area (Å²) in [5.74, 6) is -0.0940. The molecule has 1 aromatic rings. The first-order valence-corrected chi connectivity index (χ1v) is 4.93. The number of nitrogens with one attached hydrogen (secondary N) is 3. The van der Waals surface area contributed by atoms with Crippen molar-refractivity contribution in [2.75, 3.05) is 19.6 Å². The second-order valence-corrected chi connectivity index (χ2v) is 3.67. The van der Waals surface area contributed by atoms with E-state index in [1.165, 1.54) is 6.20 Å². The molecule has 0 radical (unpaired) electrons. The van der Waals surface area contributed by atoms with Crippen LogP contribution in [-0.4, -0.2) is 46.9 Å². The Bertz CT molecular complexity index is 325. The molecule has 0 spiro atoms. The third-order valence-corrected chi connectivity index (χ3v) is 2.57. The van der Waals surface area contributed by atoms with Crippen LogP contribution in [0.4, 0.5) is 0 Å². The number of aliphatic hydroxyl groups is 1. The van der Waals surface area contributed by atoms with Crippen LogP contribution in [0.5, 0.6) is 0 Å². The number of carbonyl (C=O) groups excluding carboxylic acids is 1. The summed E-state index contributed by atoms with van der Waals surface area (Å²) in [5.41, 5.74) is 0.440. The smallest absolute Gasteiger partial charge is 0.269 e. The number of amides is 1. The summed E-state index contributed by atoms with van der Waals surface area (Å²) in [6, 6.07) is 1.61. The Morgan fingerprint density at radius 3 is 3.13 bits per heavy atom. The predicted octanol–water partition coefficient (Wildman–Crippen LogP) is -1.28. The van der Waals surface area contributed by atoms with Crippen molar-refractivity contribution in [1.82, 2.24) is 20.8 Å². The second-order valence-electron chi connectivity index (χ2n) is 3.67. The highest BCUT2D eigenvalue weighted by atomic mass is 16.3. The van der Waals surface area contributed by atoms with Crippen molar-refractivity contribution in [3.05, 3.63) is 18.0 Å². The van der Waals surface area contributed by atoms with Gasteiger partial charge in [0.2, 0.25) is 0 Å². The van der Waals surface area contributed by atoms with Crippen molar-refractivity contribution in [1.29, 1.82) is 0 Å². The van der Waals surface area contributed by atoms with Crippen LogP contribution < -0.4 is 10.6 Å². The molecular weight excluding hydrogens is 196 g/mol. The molecular formula is C9H14N4O2. The minimum atomic E-state index is -0.368. The van der Waals surface area contributed by atoms with Crippen molar-refractivity contribution < 1.29 is 9.90 Å². The molecule has 1 amide bonds. The number of β-amino-alcohol motifs (C(OH)–C–C–N with tert-alkyl or cyclic N) is 1. The fourth-order valence-corrected chi connectivity index (χ4v) is 1.63. The largest absolute Gasteiger partial charge is 0.391 e. The molecule has 0 aliphatic carbocycles. The van der Waals surface area contributed by atoms with E-state index in [9.17, 15) is 9.90 Å². The van der Waals surface area contributed by atoms with E-state index in [0.29, 0.717) is 18.8 Å². The minimum Gasteiger partial charge on any atom is -0.391 e. The Hall–Kier alpha value is -1.40. The molecule has 2 heterocycles.